The predicted octanol–water partition coefficient (Wildman–Crippen LogP) is 10.5. The molecule has 0 unspecified atom stereocenters. The van der Waals surface area contributed by atoms with Gasteiger partial charge in [0.2, 0.25) is 11.6 Å². The fourth-order valence-electron chi connectivity index (χ4n) is 5.97. The first-order chi connectivity index (χ1) is 26.0. The van der Waals surface area contributed by atoms with E-state index in [1.54, 1.807) is 24.3 Å². The van der Waals surface area contributed by atoms with Crippen molar-refractivity contribution in [2.24, 2.45) is 0 Å². The molecule has 2 fully saturated rings. The van der Waals surface area contributed by atoms with Gasteiger partial charge in [-0.1, -0.05) is 57.8 Å². The summed E-state index contributed by atoms with van der Waals surface area (Å²) in [6, 6.07) is 28.7. The summed E-state index contributed by atoms with van der Waals surface area (Å²) in [5.41, 5.74) is 4.63. The van der Waals surface area contributed by atoms with Crippen LogP contribution in [0.1, 0.15) is 64.5 Å². The van der Waals surface area contributed by atoms with Crippen molar-refractivity contribution < 1.29 is 23.3 Å². The summed E-state index contributed by atoms with van der Waals surface area (Å²) < 4.78 is 22.1. The van der Waals surface area contributed by atoms with Crippen molar-refractivity contribution in [3.8, 4) is 63.3 Å². The lowest BCUT2D eigenvalue weighted by Crippen LogP contribution is -2.07. The van der Waals surface area contributed by atoms with Crippen LogP contribution < -0.4 is 9.47 Å². The van der Waals surface area contributed by atoms with E-state index in [2.05, 4.69) is 26.4 Å². The number of hydrogen-bond acceptors (Lipinski definition) is 10. The zero-order valence-corrected chi connectivity index (χ0v) is 31.7. The molecule has 2 saturated carbocycles. The van der Waals surface area contributed by atoms with Crippen LogP contribution in [0.15, 0.2) is 94.0 Å². The van der Waals surface area contributed by atoms with E-state index in [-0.39, 0.29) is 23.0 Å². The Hall–Kier alpha value is -5.50. The number of nitriles is 1. The Labute approximate surface area is 323 Å². The summed E-state index contributed by atoms with van der Waals surface area (Å²) >= 11 is 12.6. The van der Waals surface area contributed by atoms with E-state index in [1.807, 2.05) is 88.4 Å². The third kappa shape index (κ3) is 7.88. The molecule has 0 saturated heterocycles. The number of hydrogen-bond donors (Lipinski definition) is 0. The second kappa shape index (κ2) is 15.1. The Morgan fingerprint density at radius 2 is 1.09 bits per heavy atom. The van der Waals surface area contributed by atoms with Crippen LogP contribution in [0.2, 0.25) is 10.0 Å². The van der Waals surface area contributed by atoms with Gasteiger partial charge in [0.25, 0.3) is 11.8 Å². The molecule has 6 aromatic rings. The van der Waals surface area contributed by atoms with Crippen LogP contribution in [0.4, 0.5) is 0 Å². The quantitative estimate of drug-likeness (QED) is 0.117. The minimum Gasteiger partial charge on any atom is -0.489 e. The first-order valence-electron chi connectivity index (χ1n) is 17.7. The summed E-state index contributed by atoms with van der Waals surface area (Å²) in [5, 5.41) is 18.4. The van der Waals surface area contributed by atoms with Crippen LogP contribution in [0, 0.1) is 11.3 Å². The highest BCUT2D eigenvalue weighted by atomic mass is 35.5. The van der Waals surface area contributed by atoms with Gasteiger partial charge in [-0.05, 0) is 125 Å². The van der Waals surface area contributed by atoms with Crippen molar-refractivity contribution in [1.82, 2.24) is 20.3 Å². The molecular weight excluding hydrogens is 725 g/mol. The molecule has 2 aromatic heterocycles. The molecule has 12 heteroatoms. The molecule has 2 heterocycles. The highest BCUT2D eigenvalue weighted by Gasteiger charge is 2.45. The van der Waals surface area contributed by atoms with E-state index in [1.165, 1.54) is 0 Å². The molecule has 274 valence electrons. The lowest BCUT2D eigenvalue weighted by molar-refractivity contribution is -0.109. The molecule has 10 nitrogen and oxygen atoms in total. The standard InChI is InChI=1S/C21H18ClN3O2.C21H19ClN2O3/c1-13(2)26-18-8-5-15(11-17(18)22)19-24-20(27-25-19)14-3-6-16(7-4-14)21(12-23)9-10-21;1-13(2)26-18-8-5-15(11-17(18)22)19-23-20(27-24-19)14-3-6-16(7-4-14)21(12-25)9-10-21/h3-8,11,13H,9-10H2,1-2H3;3-8,11-13H,9-10H2,1-2H3. The van der Waals surface area contributed by atoms with E-state index in [4.69, 9.17) is 41.7 Å². The van der Waals surface area contributed by atoms with E-state index in [0.717, 1.165) is 65.4 Å². The average molecular weight is 763 g/mol. The molecule has 0 N–H and O–H groups in total. The number of halogens is 2. The summed E-state index contributed by atoms with van der Waals surface area (Å²) in [5.74, 6) is 3.02. The first-order valence-corrected chi connectivity index (χ1v) is 18.5. The van der Waals surface area contributed by atoms with E-state index < -0.39 is 0 Å². The van der Waals surface area contributed by atoms with Gasteiger partial charge in [0.05, 0.1) is 39.2 Å². The van der Waals surface area contributed by atoms with Crippen molar-refractivity contribution in [3.63, 3.8) is 0 Å². The smallest absolute Gasteiger partial charge is 0.258 e. The number of ether oxygens (including phenoxy) is 2. The van der Waals surface area contributed by atoms with Gasteiger partial charge in [-0.2, -0.15) is 15.2 Å². The van der Waals surface area contributed by atoms with E-state index in [0.29, 0.717) is 45.0 Å². The second-order valence-electron chi connectivity index (χ2n) is 14.1. The Morgan fingerprint density at radius 1 is 0.667 bits per heavy atom. The Kier molecular flexibility index (Phi) is 10.3. The van der Waals surface area contributed by atoms with E-state index >= 15 is 0 Å². The topological polar surface area (TPSA) is 137 Å². The van der Waals surface area contributed by atoms with Crippen LogP contribution in [-0.4, -0.2) is 38.8 Å². The molecule has 2 aliphatic carbocycles. The monoisotopic (exact) mass is 761 g/mol. The zero-order valence-electron chi connectivity index (χ0n) is 30.2. The summed E-state index contributed by atoms with van der Waals surface area (Å²) in [4.78, 5) is 20.2. The fourth-order valence-corrected chi connectivity index (χ4v) is 6.42. The molecule has 2 aliphatic rings. The van der Waals surface area contributed by atoms with Gasteiger partial charge in [-0.3, -0.25) is 0 Å². The second-order valence-corrected chi connectivity index (χ2v) is 14.9. The van der Waals surface area contributed by atoms with Gasteiger partial charge in [-0.15, -0.1) is 0 Å². The van der Waals surface area contributed by atoms with Gasteiger partial charge in [-0.25, -0.2) is 0 Å². The lowest BCUT2D eigenvalue weighted by Gasteiger charge is -2.11. The fraction of sp³-hybridized carbons (Fsp3) is 0.286. The van der Waals surface area contributed by atoms with Gasteiger partial charge >= 0.3 is 0 Å². The van der Waals surface area contributed by atoms with Gasteiger partial charge in [0.15, 0.2) is 0 Å². The maximum Gasteiger partial charge on any atom is 0.258 e. The van der Waals surface area contributed by atoms with Crippen LogP contribution in [0.25, 0.3) is 45.7 Å². The Balaban J connectivity index is 0.000000167. The third-order valence-electron chi connectivity index (χ3n) is 9.33. The Bertz CT molecular complexity index is 2320. The van der Waals surface area contributed by atoms with Crippen LogP contribution >= 0.6 is 23.2 Å². The van der Waals surface area contributed by atoms with Crippen LogP contribution in [-0.2, 0) is 15.6 Å². The van der Waals surface area contributed by atoms with Gasteiger partial charge in [0.1, 0.15) is 17.8 Å². The molecule has 0 amide bonds. The van der Waals surface area contributed by atoms with Crippen molar-refractivity contribution in [3.05, 3.63) is 106 Å². The number of nitrogens with zero attached hydrogens (tertiary/aromatic N) is 5. The highest BCUT2D eigenvalue weighted by Crippen LogP contribution is 2.48. The average Bonchev–Trinajstić information content (AvgIpc) is 4.04. The summed E-state index contributed by atoms with van der Waals surface area (Å²) in [6.45, 7) is 7.79. The van der Waals surface area contributed by atoms with Crippen molar-refractivity contribution in [2.75, 3.05) is 0 Å². The highest BCUT2D eigenvalue weighted by molar-refractivity contribution is 6.32. The van der Waals surface area contributed by atoms with Crippen molar-refractivity contribution in [2.45, 2.75) is 76.4 Å². The first kappa shape index (κ1) is 36.8. The lowest BCUT2D eigenvalue weighted by atomic mass is 9.97. The van der Waals surface area contributed by atoms with E-state index in [9.17, 15) is 10.1 Å². The maximum atomic E-state index is 11.3. The molecule has 0 spiro atoms. The molecule has 8 rings (SSSR count). The number of aldehydes is 1. The number of aromatic nitrogens is 4. The largest absolute Gasteiger partial charge is 0.489 e. The number of rotatable bonds is 11. The SMILES string of the molecule is CC(C)Oc1ccc(-c2noc(-c3ccc(C4(C#N)CC4)cc3)n2)cc1Cl.CC(C)Oc1ccc(-c2noc(-c3ccc(C4(C=O)CC4)cc3)n2)cc1Cl. The molecule has 4 aromatic carbocycles. The molecular formula is C42H37Cl2N5O5. The summed E-state index contributed by atoms with van der Waals surface area (Å²) in [6.07, 6.45) is 4.81. The third-order valence-corrected chi connectivity index (χ3v) is 9.92. The molecule has 54 heavy (non-hydrogen) atoms. The number of benzene rings is 4. The molecule has 0 atom stereocenters. The van der Waals surface area contributed by atoms with Gasteiger partial charge < -0.3 is 23.3 Å². The maximum absolute atomic E-state index is 11.3. The van der Waals surface area contributed by atoms with Crippen LogP contribution in [0.3, 0.4) is 0 Å². The minimum atomic E-state index is -0.297. The normalized spacial score (nSPS) is 14.9. The minimum absolute atomic E-state index is 0.0436. The number of carbonyl (C=O) groups excluding carboxylic acids is 1. The summed E-state index contributed by atoms with van der Waals surface area (Å²) in [7, 11) is 0. The molecule has 0 bridgehead atoms. The van der Waals surface area contributed by atoms with Crippen molar-refractivity contribution >= 4 is 29.5 Å². The Morgan fingerprint density at radius 3 is 1.44 bits per heavy atom. The predicted molar refractivity (Wildman–Crippen MR) is 205 cm³/mol. The van der Waals surface area contributed by atoms with Crippen LogP contribution in [0.5, 0.6) is 11.5 Å². The number of carbonyl (C=O) groups is 1. The van der Waals surface area contributed by atoms with Gasteiger partial charge in [0, 0.05) is 22.3 Å². The van der Waals surface area contributed by atoms with Crippen molar-refractivity contribution in [1.29, 1.82) is 5.26 Å². The molecule has 0 aliphatic heterocycles. The zero-order chi connectivity index (χ0) is 38.0. The molecule has 0 radical (unpaired) electrons.